The van der Waals surface area contributed by atoms with Crippen LogP contribution in [0.4, 0.5) is 0 Å². The number of rotatable bonds is 5. The molecule has 38 heavy (non-hydrogen) atoms. The fraction of sp³-hybridized carbons (Fsp3) is 0.100. The Bertz CT molecular complexity index is 1810. The quantitative estimate of drug-likeness (QED) is 0.315. The zero-order valence-electron chi connectivity index (χ0n) is 20.4. The normalized spacial score (nSPS) is 14.1. The summed E-state index contributed by atoms with van der Waals surface area (Å²) in [6.45, 7) is 0.197. The summed E-state index contributed by atoms with van der Waals surface area (Å²) in [5, 5.41) is 16.9. The topological polar surface area (TPSA) is 91.0 Å². The molecule has 0 saturated heterocycles. The third kappa shape index (κ3) is 3.66. The van der Waals surface area contributed by atoms with Crippen LogP contribution in [0.3, 0.4) is 0 Å². The lowest BCUT2D eigenvalue weighted by molar-refractivity contribution is 0.299. The minimum atomic E-state index is -0.243. The highest BCUT2D eigenvalue weighted by molar-refractivity contribution is 5.88. The molecule has 0 bridgehead atoms. The Morgan fingerprint density at radius 1 is 0.974 bits per heavy atom. The van der Waals surface area contributed by atoms with Crippen LogP contribution in [0.2, 0.25) is 0 Å². The van der Waals surface area contributed by atoms with Crippen LogP contribution in [0.25, 0.3) is 16.4 Å². The molecule has 0 radical (unpaired) electrons. The van der Waals surface area contributed by atoms with Gasteiger partial charge in [0.05, 0.1) is 12.7 Å². The number of aromatic hydroxyl groups is 1. The van der Waals surface area contributed by atoms with Crippen LogP contribution in [-0.4, -0.2) is 31.8 Å². The number of nitrogens with zero attached hydrogens (tertiary/aromatic N) is 4. The molecule has 0 amide bonds. The van der Waals surface area contributed by atoms with Crippen molar-refractivity contribution in [1.82, 2.24) is 19.6 Å². The fourth-order valence-corrected chi connectivity index (χ4v) is 5.02. The number of fused-ring (bicyclic) bond motifs is 5. The van der Waals surface area contributed by atoms with Gasteiger partial charge in [0.15, 0.2) is 11.5 Å². The first-order chi connectivity index (χ1) is 18.7. The van der Waals surface area contributed by atoms with Crippen molar-refractivity contribution in [3.05, 3.63) is 114 Å². The van der Waals surface area contributed by atoms with Crippen LogP contribution in [0.5, 0.6) is 28.9 Å². The maximum atomic E-state index is 10.1. The Balaban J connectivity index is 1.31. The summed E-state index contributed by atoms with van der Waals surface area (Å²) in [7, 11) is 1.64. The Labute approximate surface area is 217 Å². The van der Waals surface area contributed by atoms with Crippen LogP contribution in [0.15, 0.2) is 91.3 Å². The number of hydrogen-bond donors (Lipinski definition) is 1. The molecular formula is C30H22N4O4. The fourth-order valence-electron chi connectivity index (χ4n) is 5.02. The summed E-state index contributed by atoms with van der Waals surface area (Å²) in [4.78, 5) is 9.40. The first kappa shape index (κ1) is 22.1. The zero-order chi connectivity index (χ0) is 25.6. The van der Waals surface area contributed by atoms with Crippen molar-refractivity contribution in [3.8, 4) is 28.9 Å². The molecule has 7 rings (SSSR count). The minimum absolute atomic E-state index is 0.122. The van der Waals surface area contributed by atoms with E-state index in [2.05, 4.69) is 22.2 Å². The molecule has 4 aromatic carbocycles. The molecule has 0 saturated carbocycles. The molecule has 3 heterocycles. The molecule has 6 aromatic rings. The summed E-state index contributed by atoms with van der Waals surface area (Å²) >= 11 is 0. The highest BCUT2D eigenvalue weighted by atomic mass is 16.5. The number of ether oxygens (including phenoxy) is 3. The van der Waals surface area contributed by atoms with Gasteiger partial charge in [0.1, 0.15) is 35.9 Å². The molecule has 8 nitrogen and oxygen atoms in total. The van der Waals surface area contributed by atoms with Crippen molar-refractivity contribution in [2.45, 2.75) is 12.5 Å². The van der Waals surface area contributed by atoms with Crippen molar-refractivity contribution in [3.63, 3.8) is 0 Å². The van der Waals surface area contributed by atoms with E-state index in [0.717, 1.165) is 39.0 Å². The Hall–Kier alpha value is -5.11. The SMILES string of the molecule is COc1ccc(C2c3ccc(O)cc3Oc3ncn4nc(COc5cccc6ccccc56)nc4c32)cc1. The maximum Gasteiger partial charge on any atom is 0.228 e. The van der Waals surface area contributed by atoms with Gasteiger partial charge in [0.2, 0.25) is 5.88 Å². The second kappa shape index (κ2) is 8.77. The number of phenols is 1. The van der Waals surface area contributed by atoms with Gasteiger partial charge in [0, 0.05) is 22.9 Å². The third-order valence-corrected chi connectivity index (χ3v) is 6.79. The molecule has 2 aromatic heterocycles. The Morgan fingerprint density at radius 2 is 1.82 bits per heavy atom. The van der Waals surface area contributed by atoms with Crippen molar-refractivity contribution >= 4 is 16.4 Å². The zero-order valence-corrected chi connectivity index (χ0v) is 20.4. The lowest BCUT2D eigenvalue weighted by atomic mass is 9.84. The number of benzene rings is 4. The number of hydrogen-bond acceptors (Lipinski definition) is 7. The van der Waals surface area contributed by atoms with E-state index in [0.29, 0.717) is 23.1 Å². The van der Waals surface area contributed by atoms with Gasteiger partial charge < -0.3 is 19.3 Å². The van der Waals surface area contributed by atoms with E-state index in [1.54, 1.807) is 30.1 Å². The second-order valence-corrected chi connectivity index (χ2v) is 9.06. The molecular weight excluding hydrogens is 480 g/mol. The Kier molecular flexibility index (Phi) is 5.11. The molecule has 186 valence electrons. The predicted molar refractivity (Wildman–Crippen MR) is 141 cm³/mol. The van der Waals surface area contributed by atoms with Gasteiger partial charge in [-0.2, -0.15) is 0 Å². The van der Waals surface area contributed by atoms with E-state index in [1.165, 1.54) is 0 Å². The molecule has 1 aliphatic rings. The molecule has 1 unspecified atom stereocenters. The van der Waals surface area contributed by atoms with E-state index in [1.807, 2.05) is 60.7 Å². The van der Waals surface area contributed by atoms with E-state index in [9.17, 15) is 5.11 Å². The van der Waals surface area contributed by atoms with Crippen molar-refractivity contribution in [1.29, 1.82) is 0 Å². The average molecular weight is 503 g/mol. The minimum Gasteiger partial charge on any atom is -0.508 e. The lowest BCUT2D eigenvalue weighted by Gasteiger charge is -2.28. The summed E-state index contributed by atoms with van der Waals surface area (Å²) < 4.78 is 19.3. The number of aromatic nitrogens is 4. The van der Waals surface area contributed by atoms with E-state index in [-0.39, 0.29) is 18.3 Å². The smallest absolute Gasteiger partial charge is 0.228 e. The molecule has 1 aliphatic heterocycles. The summed E-state index contributed by atoms with van der Waals surface area (Å²) in [6.07, 6.45) is 1.58. The van der Waals surface area contributed by atoms with Gasteiger partial charge in [-0.05, 0) is 35.2 Å². The van der Waals surface area contributed by atoms with Crippen LogP contribution in [0, 0.1) is 0 Å². The molecule has 1 atom stereocenters. The third-order valence-electron chi connectivity index (χ3n) is 6.79. The molecule has 0 fully saturated rings. The lowest BCUT2D eigenvalue weighted by Crippen LogP contribution is -2.15. The average Bonchev–Trinajstić information content (AvgIpc) is 3.38. The van der Waals surface area contributed by atoms with Crippen LogP contribution >= 0.6 is 0 Å². The largest absolute Gasteiger partial charge is 0.508 e. The second-order valence-electron chi connectivity index (χ2n) is 9.06. The molecule has 0 spiro atoms. The first-order valence-corrected chi connectivity index (χ1v) is 12.2. The summed E-state index contributed by atoms with van der Waals surface area (Å²) in [5.41, 5.74) is 3.33. The van der Waals surface area contributed by atoms with Crippen molar-refractivity contribution in [2.24, 2.45) is 0 Å². The summed E-state index contributed by atoms with van der Waals surface area (Å²) in [5.74, 6) is 2.91. The monoisotopic (exact) mass is 502 g/mol. The number of phenolic OH excluding ortho intramolecular Hbond substituents is 1. The van der Waals surface area contributed by atoms with Gasteiger partial charge in [0.25, 0.3) is 0 Å². The summed E-state index contributed by atoms with van der Waals surface area (Å²) in [6, 6.07) is 27.1. The Morgan fingerprint density at radius 3 is 2.68 bits per heavy atom. The van der Waals surface area contributed by atoms with Gasteiger partial charge in [-0.1, -0.05) is 54.6 Å². The van der Waals surface area contributed by atoms with E-state index >= 15 is 0 Å². The van der Waals surface area contributed by atoms with Gasteiger partial charge >= 0.3 is 0 Å². The van der Waals surface area contributed by atoms with Crippen LogP contribution < -0.4 is 14.2 Å². The maximum absolute atomic E-state index is 10.1. The number of methoxy groups -OCH3 is 1. The van der Waals surface area contributed by atoms with E-state index in [4.69, 9.17) is 19.2 Å². The van der Waals surface area contributed by atoms with Crippen molar-refractivity contribution < 1.29 is 19.3 Å². The van der Waals surface area contributed by atoms with E-state index < -0.39 is 0 Å². The molecule has 8 heteroatoms. The highest BCUT2D eigenvalue weighted by Gasteiger charge is 2.33. The van der Waals surface area contributed by atoms with Gasteiger partial charge in [-0.3, -0.25) is 0 Å². The standard InChI is InChI=1S/C30H22N4O4/c1-36-21-12-9-19(10-13-21)27-23-14-11-20(35)15-25(23)38-30-28(27)29-32-26(33-34(29)17-31-30)16-37-24-8-4-6-18-5-2-3-7-22(18)24/h2-15,17,27,35H,16H2,1H3. The first-order valence-electron chi connectivity index (χ1n) is 12.2. The highest BCUT2D eigenvalue weighted by Crippen LogP contribution is 2.48. The van der Waals surface area contributed by atoms with Crippen LogP contribution in [0.1, 0.15) is 28.4 Å². The van der Waals surface area contributed by atoms with Gasteiger partial charge in [-0.15, -0.1) is 5.10 Å². The van der Waals surface area contributed by atoms with Crippen LogP contribution in [-0.2, 0) is 6.61 Å². The van der Waals surface area contributed by atoms with Gasteiger partial charge in [-0.25, -0.2) is 14.5 Å². The van der Waals surface area contributed by atoms with Crippen molar-refractivity contribution in [2.75, 3.05) is 7.11 Å². The molecule has 1 N–H and O–H groups in total. The molecule has 0 aliphatic carbocycles. The predicted octanol–water partition coefficient (Wildman–Crippen LogP) is 5.86.